The predicted molar refractivity (Wildman–Crippen MR) is 39.4 cm³/mol. The summed E-state index contributed by atoms with van der Waals surface area (Å²) in [6, 6.07) is 0. The number of nitrogens with zero attached hydrogens (tertiary/aromatic N) is 2. The molecule has 0 amide bonds. The standard InChI is InChI=1S/C7H12N2O/c1-8(2)7(3-6-10)9-4-5-9/h3,6H,4-5H2,1-2H3/b7-3+. The third-order valence-electron chi connectivity index (χ3n) is 1.45. The van der Waals surface area contributed by atoms with Gasteiger partial charge in [-0.05, 0) is 0 Å². The Balaban J connectivity index is 2.57. The van der Waals surface area contributed by atoms with Crippen LogP contribution in [0.4, 0.5) is 0 Å². The molecule has 0 aromatic heterocycles. The van der Waals surface area contributed by atoms with Gasteiger partial charge in [0.25, 0.3) is 0 Å². The van der Waals surface area contributed by atoms with Gasteiger partial charge >= 0.3 is 0 Å². The van der Waals surface area contributed by atoms with Crippen molar-refractivity contribution in [2.45, 2.75) is 0 Å². The van der Waals surface area contributed by atoms with E-state index in [2.05, 4.69) is 4.90 Å². The third kappa shape index (κ3) is 1.50. The average molecular weight is 140 g/mol. The van der Waals surface area contributed by atoms with Gasteiger partial charge in [0.05, 0.1) is 0 Å². The molecule has 0 radical (unpaired) electrons. The van der Waals surface area contributed by atoms with Crippen LogP contribution in [0.15, 0.2) is 11.9 Å². The molecule has 0 spiro atoms. The SMILES string of the molecule is CN(C)/C(=C\C=O)N1CC1. The summed E-state index contributed by atoms with van der Waals surface area (Å²) in [6.07, 6.45) is 2.42. The molecule has 56 valence electrons. The first-order valence-corrected chi connectivity index (χ1v) is 3.33. The second-order valence-corrected chi connectivity index (χ2v) is 2.54. The Bertz CT molecular complexity index is 155. The van der Waals surface area contributed by atoms with Crippen LogP contribution in [-0.2, 0) is 4.79 Å². The van der Waals surface area contributed by atoms with Crippen molar-refractivity contribution in [3.63, 3.8) is 0 Å². The number of carbonyl (C=O) groups excluding carboxylic acids is 1. The smallest absolute Gasteiger partial charge is 0.146 e. The Morgan fingerprint density at radius 2 is 2.10 bits per heavy atom. The van der Waals surface area contributed by atoms with Crippen LogP contribution in [0, 0.1) is 0 Å². The highest BCUT2D eigenvalue weighted by atomic mass is 16.1. The van der Waals surface area contributed by atoms with Crippen LogP contribution in [-0.4, -0.2) is 43.3 Å². The fraction of sp³-hybridized carbons (Fsp3) is 0.571. The summed E-state index contributed by atoms with van der Waals surface area (Å²) in [5.41, 5.74) is 0. The molecule has 1 aliphatic heterocycles. The topological polar surface area (TPSA) is 23.3 Å². The maximum absolute atomic E-state index is 10.1. The molecule has 0 aromatic carbocycles. The van der Waals surface area contributed by atoms with Crippen molar-refractivity contribution >= 4 is 6.29 Å². The summed E-state index contributed by atoms with van der Waals surface area (Å²) in [4.78, 5) is 14.2. The summed E-state index contributed by atoms with van der Waals surface area (Å²) in [6.45, 7) is 2.16. The van der Waals surface area contributed by atoms with E-state index in [4.69, 9.17) is 0 Å². The Kier molecular flexibility index (Phi) is 1.94. The summed E-state index contributed by atoms with van der Waals surface area (Å²) in [5, 5.41) is 0. The fourth-order valence-electron chi connectivity index (χ4n) is 0.877. The maximum atomic E-state index is 10.1. The van der Waals surface area contributed by atoms with Crippen molar-refractivity contribution in [3.8, 4) is 0 Å². The highest BCUT2D eigenvalue weighted by molar-refractivity contribution is 5.65. The van der Waals surface area contributed by atoms with Gasteiger partial charge in [0.15, 0.2) is 0 Å². The van der Waals surface area contributed by atoms with Crippen molar-refractivity contribution in [2.75, 3.05) is 27.2 Å². The Morgan fingerprint density at radius 3 is 2.40 bits per heavy atom. The van der Waals surface area contributed by atoms with Crippen LogP contribution in [0.3, 0.4) is 0 Å². The molecule has 1 fully saturated rings. The van der Waals surface area contributed by atoms with Crippen molar-refractivity contribution in [1.82, 2.24) is 9.80 Å². The van der Waals surface area contributed by atoms with Gasteiger partial charge in [-0.15, -0.1) is 0 Å². The third-order valence-corrected chi connectivity index (χ3v) is 1.45. The molecule has 0 saturated carbocycles. The van der Waals surface area contributed by atoms with Crippen molar-refractivity contribution in [2.24, 2.45) is 0 Å². The highest BCUT2D eigenvalue weighted by Gasteiger charge is 2.21. The van der Waals surface area contributed by atoms with E-state index < -0.39 is 0 Å². The Hall–Kier alpha value is -0.990. The monoisotopic (exact) mass is 140 g/mol. The van der Waals surface area contributed by atoms with E-state index in [1.54, 1.807) is 6.08 Å². The van der Waals surface area contributed by atoms with Crippen molar-refractivity contribution in [3.05, 3.63) is 11.9 Å². The minimum atomic E-state index is 0.827. The van der Waals surface area contributed by atoms with Crippen molar-refractivity contribution in [1.29, 1.82) is 0 Å². The minimum Gasteiger partial charge on any atom is -0.364 e. The molecule has 1 saturated heterocycles. The highest BCUT2D eigenvalue weighted by Crippen LogP contribution is 2.14. The zero-order chi connectivity index (χ0) is 7.56. The summed E-state index contributed by atoms with van der Waals surface area (Å²) in [5.74, 6) is 1.01. The lowest BCUT2D eigenvalue weighted by atomic mass is 10.5. The molecule has 0 N–H and O–H groups in total. The molecular formula is C7H12N2O. The average Bonchev–Trinajstić information content (AvgIpc) is 2.63. The first-order valence-electron chi connectivity index (χ1n) is 3.33. The predicted octanol–water partition coefficient (Wildman–Crippen LogP) is -0.0961. The zero-order valence-electron chi connectivity index (χ0n) is 6.37. The molecule has 10 heavy (non-hydrogen) atoms. The first kappa shape index (κ1) is 7.12. The normalized spacial score (nSPS) is 17.0. The summed E-state index contributed by atoms with van der Waals surface area (Å²) in [7, 11) is 3.88. The van der Waals surface area contributed by atoms with Gasteiger partial charge in [0.1, 0.15) is 12.1 Å². The second-order valence-electron chi connectivity index (χ2n) is 2.54. The van der Waals surface area contributed by atoms with Crippen LogP contribution in [0.1, 0.15) is 0 Å². The van der Waals surface area contributed by atoms with Gasteiger partial charge in [-0.2, -0.15) is 0 Å². The van der Waals surface area contributed by atoms with Crippen LogP contribution in [0.25, 0.3) is 0 Å². The van der Waals surface area contributed by atoms with E-state index in [0.717, 1.165) is 25.2 Å². The van der Waals surface area contributed by atoms with Crippen LogP contribution in [0.5, 0.6) is 0 Å². The number of aldehydes is 1. The van der Waals surface area contributed by atoms with Gasteiger partial charge in [-0.25, -0.2) is 0 Å². The molecule has 0 aromatic rings. The van der Waals surface area contributed by atoms with Crippen LogP contribution < -0.4 is 0 Å². The molecular weight excluding hydrogens is 128 g/mol. The second kappa shape index (κ2) is 2.73. The molecule has 1 aliphatic rings. The fourth-order valence-corrected chi connectivity index (χ4v) is 0.877. The largest absolute Gasteiger partial charge is 0.364 e. The number of rotatable bonds is 3. The molecule has 0 aliphatic carbocycles. The molecule has 1 heterocycles. The lowest BCUT2D eigenvalue weighted by Gasteiger charge is -2.16. The summed E-state index contributed by atoms with van der Waals surface area (Å²) < 4.78 is 0. The van der Waals surface area contributed by atoms with Gasteiger partial charge in [0, 0.05) is 33.3 Å². The van der Waals surface area contributed by atoms with Crippen LogP contribution in [0.2, 0.25) is 0 Å². The molecule has 3 nitrogen and oxygen atoms in total. The van der Waals surface area contributed by atoms with E-state index in [0.29, 0.717) is 0 Å². The molecule has 0 unspecified atom stereocenters. The minimum absolute atomic E-state index is 0.827. The Labute approximate surface area is 60.9 Å². The number of allylic oxidation sites excluding steroid dienone is 1. The number of hydrogen-bond acceptors (Lipinski definition) is 3. The quantitative estimate of drug-likeness (QED) is 0.311. The van der Waals surface area contributed by atoms with Gasteiger partial charge < -0.3 is 9.80 Å². The van der Waals surface area contributed by atoms with Gasteiger partial charge in [-0.1, -0.05) is 0 Å². The van der Waals surface area contributed by atoms with E-state index in [-0.39, 0.29) is 0 Å². The zero-order valence-corrected chi connectivity index (χ0v) is 6.37. The van der Waals surface area contributed by atoms with Crippen molar-refractivity contribution < 1.29 is 4.79 Å². The Morgan fingerprint density at radius 1 is 1.50 bits per heavy atom. The number of carbonyl (C=O) groups is 1. The van der Waals surface area contributed by atoms with Gasteiger partial charge in [-0.3, -0.25) is 4.79 Å². The molecule has 0 bridgehead atoms. The van der Waals surface area contributed by atoms with E-state index >= 15 is 0 Å². The lowest BCUT2D eigenvalue weighted by molar-refractivity contribution is -0.104. The maximum Gasteiger partial charge on any atom is 0.146 e. The van der Waals surface area contributed by atoms with Gasteiger partial charge in [0.2, 0.25) is 0 Å². The van der Waals surface area contributed by atoms with E-state index in [1.807, 2.05) is 19.0 Å². The summed E-state index contributed by atoms with van der Waals surface area (Å²) >= 11 is 0. The lowest BCUT2D eigenvalue weighted by Crippen LogP contribution is -2.17. The molecule has 3 heteroatoms. The van der Waals surface area contributed by atoms with Crippen LogP contribution >= 0.6 is 0 Å². The molecule has 1 rings (SSSR count). The van der Waals surface area contributed by atoms with E-state index in [9.17, 15) is 4.79 Å². The number of hydrogen-bond donors (Lipinski definition) is 0. The van der Waals surface area contributed by atoms with E-state index in [1.165, 1.54) is 0 Å². The first-order chi connectivity index (χ1) is 4.75. The molecule has 0 atom stereocenters.